The molecular weight excluding hydrogens is 234 g/mol. The van der Waals surface area contributed by atoms with Crippen LogP contribution in [0.2, 0.25) is 0 Å². The molecule has 2 rings (SSSR count). The first-order chi connectivity index (χ1) is 8.29. The summed E-state index contributed by atoms with van der Waals surface area (Å²) in [6.45, 7) is 4.73. The summed E-state index contributed by atoms with van der Waals surface area (Å²) in [7, 11) is 2.03. The summed E-state index contributed by atoms with van der Waals surface area (Å²) >= 11 is 1.71. The van der Waals surface area contributed by atoms with Crippen LogP contribution in [0.15, 0.2) is 29.0 Å². The predicted octanol–water partition coefficient (Wildman–Crippen LogP) is 2.48. The van der Waals surface area contributed by atoms with Crippen LogP contribution in [0, 0.1) is 0 Å². The van der Waals surface area contributed by atoms with Crippen molar-refractivity contribution in [3.8, 4) is 0 Å². The maximum absolute atomic E-state index is 5.32. The molecule has 92 valence electrons. The van der Waals surface area contributed by atoms with Crippen LogP contribution < -0.4 is 10.2 Å². The van der Waals surface area contributed by atoms with Gasteiger partial charge in [-0.05, 0) is 18.7 Å². The number of furan rings is 1. The van der Waals surface area contributed by atoms with Crippen molar-refractivity contribution in [2.45, 2.75) is 20.0 Å². The van der Waals surface area contributed by atoms with Crippen molar-refractivity contribution in [3.05, 3.63) is 35.2 Å². The maximum atomic E-state index is 5.32. The Labute approximate surface area is 105 Å². The average molecular weight is 251 g/mol. The number of thiazole rings is 1. The third-order valence-electron chi connectivity index (χ3n) is 2.39. The number of hydrogen-bond acceptors (Lipinski definition) is 5. The van der Waals surface area contributed by atoms with Crippen LogP contribution in [-0.4, -0.2) is 18.6 Å². The molecular formula is C12H17N3OS. The Morgan fingerprint density at radius 3 is 3.12 bits per heavy atom. The van der Waals surface area contributed by atoms with Crippen LogP contribution in [0.3, 0.4) is 0 Å². The maximum Gasteiger partial charge on any atom is 0.185 e. The van der Waals surface area contributed by atoms with E-state index in [9.17, 15) is 0 Å². The molecule has 0 saturated carbocycles. The van der Waals surface area contributed by atoms with Gasteiger partial charge in [-0.3, -0.25) is 0 Å². The van der Waals surface area contributed by atoms with Gasteiger partial charge in [0, 0.05) is 24.7 Å². The second kappa shape index (κ2) is 5.84. The molecule has 0 aliphatic heterocycles. The number of rotatable bonds is 6. The number of nitrogens with one attached hydrogen (secondary N) is 1. The fourth-order valence-electron chi connectivity index (χ4n) is 1.51. The predicted molar refractivity (Wildman–Crippen MR) is 70.3 cm³/mol. The Hall–Kier alpha value is -1.33. The van der Waals surface area contributed by atoms with Gasteiger partial charge < -0.3 is 14.6 Å². The molecule has 0 aliphatic carbocycles. The SMILES string of the molecule is CCNCc1cnc(N(C)Cc2ccco2)s1. The lowest BCUT2D eigenvalue weighted by Gasteiger charge is -2.13. The van der Waals surface area contributed by atoms with Crippen LogP contribution in [0.1, 0.15) is 17.6 Å². The zero-order chi connectivity index (χ0) is 12.1. The molecule has 0 fully saturated rings. The summed E-state index contributed by atoms with van der Waals surface area (Å²) in [4.78, 5) is 7.77. The molecule has 0 aromatic carbocycles. The molecule has 2 aromatic rings. The lowest BCUT2D eigenvalue weighted by Crippen LogP contribution is -2.15. The molecule has 0 bridgehead atoms. The van der Waals surface area contributed by atoms with E-state index >= 15 is 0 Å². The molecule has 17 heavy (non-hydrogen) atoms. The van der Waals surface area contributed by atoms with E-state index in [1.807, 2.05) is 25.4 Å². The minimum Gasteiger partial charge on any atom is -0.467 e. The Morgan fingerprint density at radius 2 is 2.41 bits per heavy atom. The summed E-state index contributed by atoms with van der Waals surface area (Å²) in [5.41, 5.74) is 0. The van der Waals surface area contributed by atoms with Crippen molar-refractivity contribution >= 4 is 16.5 Å². The fourth-order valence-corrected chi connectivity index (χ4v) is 2.35. The van der Waals surface area contributed by atoms with Crippen molar-refractivity contribution in [1.82, 2.24) is 10.3 Å². The second-order valence-electron chi connectivity index (χ2n) is 3.82. The standard InChI is InChI=1S/C12H17N3OS/c1-3-13-7-11-8-14-12(17-11)15(2)9-10-5-4-6-16-10/h4-6,8,13H,3,7,9H2,1-2H3. The number of hydrogen-bond donors (Lipinski definition) is 1. The quantitative estimate of drug-likeness (QED) is 0.856. The fraction of sp³-hybridized carbons (Fsp3) is 0.417. The summed E-state index contributed by atoms with van der Waals surface area (Å²) in [6, 6.07) is 3.88. The summed E-state index contributed by atoms with van der Waals surface area (Å²) in [5, 5.41) is 4.32. The van der Waals surface area contributed by atoms with Crippen LogP contribution in [0.5, 0.6) is 0 Å². The molecule has 0 aliphatic rings. The average Bonchev–Trinajstić information content (AvgIpc) is 2.96. The van der Waals surface area contributed by atoms with Gasteiger partial charge in [0.25, 0.3) is 0 Å². The third-order valence-corrected chi connectivity index (χ3v) is 3.50. The molecule has 0 amide bonds. The number of anilines is 1. The molecule has 2 aromatic heterocycles. The first-order valence-electron chi connectivity index (χ1n) is 5.68. The second-order valence-corrected chi connectivity index (χ2v) is 4.92. The van der Waals surface area contributed by atoms with E-state index in [-0.39, 0.29) is 0 Å². The van der Waals surface area contributed by atoms with E-state index < -0.39 is 0 Å². The first kappa shape index (κ1) is 12.1. The normalized spacial score (nSPS) is 10.7. The Morgan fingerprint density at radius 1 is 1.53 bits per heavy atom. The van der Waals surface area contributed by atoms with E-state index in [1.165, 1.54) is 4.88 Å². The highest BCUT2D eigenvalue weighted by Crippen LogP contribution is 2.22. The number of nitrogens with zero attached hydrogens (tertiary/aromatic N) is 2. The molecule has 5 heteroatoms. The highest BCUT2D eigenvalue weighted by atomic mass is 32.1. The number of aromatic nitrogens is 1. The highest BCUT2D eigenvalue weighted by Gasteiger charge is 2.08. The van der Waals surface area contributed by atoms with Gasteiger partial charge in [0.15, 0.2) is 5.13 Å². The van der Waals surface area contributed by atoms with Crippen LogP contribution >= 0.6 is 11.3 Å². The van der Waals surface area contributed by atoms with Crippen molar-refractivity contribution in [3.63, 3.8) is 0 Å². The Balaban J connectivity index is 1.94. The van der Waals surface area contributed by atoms with Crippen molar-refractivity contribution in [2.24, 2.45) is 0 Å². The summed E-state index contributed by atoms with van der Waals surface area (Å²) in [6.07, 6.45) is 3.63. The van der Waals surface area contributed by atoms with E-state index in [0.29, 0.717) is 0 Å². The summed E-state index contributed by atoms with van der Waals surface area (Å²) < 4.78 is 5.32. The van der Waals surface area contributed by atoms with E-state index in [4.69, 9.17) is 4.42 Å². The molecule has 4 nitrogen and oxygen atoms in total. The zero-order valence-electron chi connectivity index (χ0n) is 10.1. The molecule has 0 atom stereocenters. The van der Waals surface area contributed by atoms with Gasteiger partial charge in [-0.25, -0.2) is 4.98 Å². The van der Waals surface area contributed by atoms with Crippen LogP contribution in [0.25, 0.3) is 0 Å². The largest absolute Gasteiger partial charge is 0.467 e. The van der Waals surface area contributed by atoms with Gasteiger partial charge in [0.05, 0.1) is 12.8 Å². The van der Waals surface area contributed by atoms with Gasteiger partial charge >= 0.3 is 0 Å². The van der Waals surface area contributed by atoms with Gasteiger partial charge in [0.1, 0.15) is 5.76 Å². The minimum atomic E-state index is 0.751. The zero-order valence-corrected chi connectivity index (χ0v) is 11.0. The highest BCUT2D eigenvalue weighted by molar-refractivity contribution is 7.15. The van der Waals surface area contributed by atoms with Crippen molar-refractivity contribution < 1.29 is 4.42 Å². The Kier molecular flexibility index (Phi) is 4.17. The van der Waals surface area contributed by atoms with Crippen LogP contribution in [0.4, 0.5) is 5.13 Å². The molecule has 0 unspecified atom stereocenters. The van der Waals surface area contributed by atoms with Gasteiger partial charge in [0.2, 0.25) is 0 Å². The monoisotopic (exact) mass is 251 g/mol. The molecule has 1 N–H and O–H groups in total. The van der Waals surface area contributed by atoms with Crippen molar-refractivity contribution in [2.75, 3.05) is 18.5 Å². The van der Waals surface area contributed by atoms with Crippen molar-refractivity contribution in [1.29, 1.82) is 0 Å². The van der Waals surface area contributed by atoms with Gasteiger partial charge in [-0.1, -0.05) is 6.92 Å². The minimum absolute atomic E-state index is 0.751. The molecule has 0 saturated heterocycles. The van der Waals surface area contributed by atoms with E-state index in [1.54, 1.807) is 17.6 Å². The topological polar surface area (TPSA) is 41.3 Å². The van der Waals surface area contributed by atoms with E-state index in [0.717, 1.165) is 30.5 Å². The van der Waals surface area contributed by atoms with E-state index in [2.05, 4.69) is 22.1 Å². The molecule has 0 radical (unpaired) electrons. The lowest BCUT2D eigenvalue weighted by molar-refractivity contribution is 0.507. The van der Waals surface area contributed by atoms with Gasteiger partial charge in [-0.15, -0.1) is 11.3 Å². The lowest BCUT2D eigenvalue weighted by atomic mass is 10.4. The Bertz CT molecular complexity index is 438. The molecule has 0 spiro atoms. The first-order valence-corrected chi connectivity index (χ1v) is 6.50. The van der Waals surface area contributed by atoms with Gasteiger partial charge in [-0.2, -0.15) is 0 Å². The smallest absolute Gasteiger partial charge is 0.185 e. The van der Waals surface area contributed by atoms with Crippen LogP contribution in [-0.2, 0) is 13.1 Å². The summed E-state index contributed by atoms with van der Waals surface area (Å²) in [5.74, 6) is 0.955. The molecule has 2 heterocycles. The third kappa shape index (κ3) is 3.31.